The first-order chi connectivity index (χ1) is 8.93. The van der Waals surface area contributed by atoms with Crippen LogP contribution >= 0.6 is 15.9 Å². The minimum Gasteiger partial charge on any atom is -0.386 e. The van der Waals surface area contributed by atoms with Gasteiger partial charge in [-0.05, 0) is 42.8 Å². The third-order valence-electron chi connectivity index (χ3n) is 3.22. The van der Waals surface area contributed by atoms with Crippen LogP contribution in [0.3, 0.4) is 0 Å². The zero-order chi connectivity index (χ0) is 14.2. The fourth-order valence-electron chi connectivity index (χ4n) is 2.29. The Morgan fingerprint density at radius 3 is 2.58 bits per heavy atom. The molecule has 2 heterocycles. The quantitative estimate of drug-likeness (QED) is 0.937. The largest absolute Gasteiger partial charge is 0.386 e. The molecule has 19 heavy (non-hydrogen) atoms. The highest BCUT2D eigenvalue weighted by Gasteiger charge is 2.19. The molecule has 0 saturated heterocycles. The monoisotopic (exact) mass is 326 g/mol. The van der Waals surface area contributed by atoms with Crippen LogP contribution in [-0.2, 0) is 20.0 Å². The molecule has 104 valence electrons. The Morgan fingerprint density at radius 2 is 2.05 bits per heavy atom. The summed E-state index contributed by atoms with van der Waals surface area (Å²) < 4.78 is 4.63. The maximum Gasteiger partial charge on any atom is 0.101 e. The molecule has 0 aliphatic rings. The number of aryl methyl sites for hydroxylation is 4. The van der Waals surface area contributed by atoms with E-state index in [1.54, 1.807) is 4.68 Å². The predicted octanol–water partition coefficient (Wildman–Crippen LogP) is 2.29. The van der Waals surface area contributed by atoms with Gasteiger partial charge < -0.3 is 5.11 Å². The summed E-state index contributed by atoms with van der Waals surface area (Å²) in [4.78, 5) is 0. The fourth-order valence-corrected chi connectivity index (χ4v) is 2.74. The zero-order valence-corrected chi connectivity index (χ0v) is 13.3. The number of rotatable bonds is 4. The lowest BCUT2D eigenvalue weighted by Crippen LogP contribution is -2.12. The van der Waals surface area contributed by atoms with Crippen LogP contribution in [0.4, 0.5) is 0 Å². The molecular weight excluding hydrogens is 308 g/mol. The van der Waals surface area contributed by atoms with Gasteiger partial charge in [0.15, 0.2) is 0 Å². The molecule has 5 nitrogen and oxygen atoms in total. The van der Waals surface area contributed by atoms with Crippen molar-refractivity contribution in [1.82, 2.24) is 19.6 Å². The molecule has 2 aromatic rings. The summed E-state index contributed by atoms with van der Waals surface area (Å²) in [6, 6.07) is 1.91. The smallest absolute Gasteiger partial charge is 0.101 e. The van der Waals surface area contributed by atoms with Gasteiger partial charge in [-0.2, -0.15) is 10.2 Å². The number of aliphatic hydroxyl groups excluding tert-OH is 1. The van der Waals surface area contributed by atoms with Crippen molar-refractivity contribution < 1.29 is 5.11 Å². The normalized spacial score (nSPS) is 12.9. The SMILES string of the molecule is CCn1nc(C)c(Br)c1CC(O)c1cc(C)nn1C. The van der Waals surface area contributed by atoms with E-state index < -0.39 is 6.10 Å². The van der Waals surface area contributed by atoms with Gasteiger partial charge in [0.25, 0.3) is 0 Å². The molecular formula is C13H19BrN4O. The topological polar surface area (TPSA) is 55.9 Å². The van der Waals surface area contributed by atoms with Crippen LogP contribution in [0.15, 0.2) is 10.5 Å². The van der Waals surface area contributed by atoms with E-state index in [1.165, 1.54) is 0 Å². The van der Waals surface area contributed by atoms with E-state index in [2.05, 4.69) is 26.1 Å². The van der Waals surface area contributed by atoms with Crippen molar-refractivity contribution >= 4 is 15.9 Å². The van der Waals surface area contributed by atoms with Crippen molar-refractivity contribution in [3.8, 4) is 0 Å². The third-order valence-corrected chi connectivity index (χ3v) is 4.25. The van der Waals surface area contributed by atoms with E-state index in [0.29, 0.717) is 6.42 Å². The van der Waals surface area contributed by atoms with Crippen LogP contribution in [0.2, 0.25) is 0 Å². The lowest BCUT2D eigenvalue weighted by molar-refractivity contribution is 0.165. The molecule has 0 aliphatic carbocycles. The van der Waals surface area contributed by atoms with E-state index in [0.717, 1.165) is 33.8 Å². The number of hydrogen-bond donors (Lipinski definition) is 1. The Morgan fingerprint density at radius 1 is 1.37 bits per heavy atom. The van der Waals surface area contributed by atoms with Crippen molar-refractivity contribution in [3.63, 3.8) is 0 Å². The fraction of sp³-hybridized carbons (Fsp3) is 0.538. The summed E-state index contributed by atoms with van der Waals surface area (Å²) in [7, 11) is 1.85. The standard InChI is InChI=1S/C13H19BrN4O/c1-5-18-11(13(14)9(3)16-18)7-12(19)10-6-8(2)15-17(10)4/h6,12,19H,5,7H2,1-4H3. The molecule has 1 atom stereocenters. The highest BCUT2D eigenvalue weighted by atomic mass is 79.9. The van der Waals surface area contributed by atoms with E-state index in [-0.39, 0.29) is 0 Å². The summed E-state index contributed by atoms with van der Waals surface area (Å²) in [5.41, 5.74) is 3.71. The lowest BCUT2D eigenvalue weighted by Gasteiger charge is -2.12. The molecule has 0 bridgehead atoms. The Labute approximate surface area is 121 Å². The van der Waals surface area contributed by atoms with Gasteiger partial charge in [0.05, 0.1) is 27.2 Å². The highest BCUT2D eigenvalue weighted by Crippen LogP contribution is 2.26. The van der Waals surface area contributed by atoms with Crippen LogP contribution in [0, 0.1) is 13.8 Å². The van der Waals surface area contributed by atoms with Crippen LogP contribution < -0.4 is 0 Å². The second kappa shape index (κ2) is 5.46. The van der Waals surface area contributed by atoms with Crippen LogP contribution in [0.25, 0.3) is 0 Å². The zero-order valence-electron chi connectivity index (χ0n) is 11.7. The van der Waals surface area contributed by atoms with Crippen molar-refractivity contribution in [2.45, 2.75) is 39.8 Å². The first-order valence-electron chi connectivity index (χ1n) is 6.34. The van der Waals surface area contributed by atoms with Crippen molar-refractivity contribution in [2.24, 2.45) is 7.05 Å². The van der Waals surface area contributed by atoms with Gasteiger partial charge in [0.2, 0.25) is 0 Å². The van der Waals surface area contributed by atoms with E-state index in [1.807, 2.05) is 38.6 Å². The minimum atomic E-state index is -0.580. The third kappa shape index (κ3) is 2.74. The second-order valence-electron chi connectivity index (χ2n) is 4.72. The summed E-state index contributed by atoms with van der Waals surface area (Å²) in [5.74, 6) is 0. The molecule has 0 amide bonds. The second-order valence-corrected chi connectivity index (χ2v) is 5.51. The van der Waals surface area contributed by atoms with Crippen LogP contribution in [0.5, 0.6) is 0 Å². The lowest BCUT2D eigenvalue weighted by atomic mass is 10.1. The maximum absolute atomic E-state index is 10.4. The molecule has 1 N–H and O–H groups in total. The average molecular weight is 327 g/mol. The molecule has 0 spiro atoms. The Kier molecular flexibility index (Phi) is 4.10. The Hall–Kier alpha value is -1.14. The molecule has 0 saturated carbocycles. The molecule has 2 rings (SSSR count). The van der Waals surface area contributed by atoms with E-state index in [9.17, 15) is 5.11 Å². The van der Waals surface area contributed by atoms with Gasteiger partial charge in [0.1, 0.15) is 6.10 Å². The van der Waals surface area contributed by atoms with Crippen molar-refractivity contribution in [3.05, 3.63) is 33.3 Å². The summed E-state index contributed by atoms with van der Waals surface area (Å²) in [6.07, 6.45) is -0.0577. The maximum atomic E-state index is 10.4. The van der Waals surface area contributed by atoms with Crippen LogP contribution in [0.1, 0.15) is 35.8 Å². The van der Waals surface area contributed by atoms with Gasteiger partial charge in [-0.15, -0.1) is 0 Å². The van der Waals surface area contributed by atoms with Gasteiger partial charge in [-0.1, -0.05) is 0 Å². The van der Waals surface area contributed by atoms with Gasteiger partial charge in [0, 0.05) is 20.0 Å². The number of aromatic nitrogens is 4. The number of hydrogen-bond acceptors (Lipinski definition) is 3. The number of halogens is 1. The van der Waals surface area contributed by atoms with Gasteiger partial charge in [-0.25, -0.2) is 0 Å². The van der Waals surface area contributed by atoms with E-state index in [4.69, 9.17) is 0 Å². The molecule has 0 aliphatic heterocycles. The Bertz CT molecular complexity index is 588. The molecule has 1 unspecified atom stereocenters. The number of nitrogens with zero attached hydrogens (tertiary/aromatic N) is 4. The minimum absolute atomic E-state index is 0.522. The molecule has 2 aromatic heterocycles. The van der Waals surface area contributed by atoms with Crippen LogP contribution in [-0.4, -0.2) is 24.7 Å². The molecule has 0 fully saturated rings. The van der Waals surface area contributed by atoms with Gasteiger partial charge in [-0.3, -0.25) is 9.36 Å². The average Bonchev–Trinajstić information content (AvgIpc) is 2.83. The van der Waals surface area contributed by atoms with Gasteiger partial charge >= 0.3 is 0 Å². The predicted molar refractivity (Wildman–Crippen MR) is 76.9 cm³/mol. The summed E-state index contributed by atoms with van der Waals surface area (Å²) >= 11 is 3.55. The first-order valence-corrected chi connectivity index (χ1v) is 7.13. The molecule has 0 aromatic carbocycles. The molecule has 0 radical (unpaired) electrons. The summed E-state index contributed by atoms with van der Waals surface area (Å²) in [5, 5.41) is 19.1. The van der Waals surface area contributed by atoms with Crippen molar-refractivity contribution in [1.29, 1.82) is 0 Å². The van der Waals surface area contributed by atoms with Crippen molar-refractivity contribution in [2.75, 3.05) is 0 Å². The summed E-state index contributed by atoms with van der Waals surface area (Å²) in [6.45, 7) is 6.72. The highest BCUT2D eigenvalue weighted by molar-refractivity contribution is 9.10. The first kappa shape index (κ1) is 14.3. The Balaban J connectivity index is 2.28. The molecule has 6 heteroatoms. The van der Waals surface area contributed by atoms with E-state index >= 15 is 0 Å². The number of aliphatic hydroxyl groups is 1.